The van der Waals surface area contributed by atoms with Crippen LogP contribution in [-0.4, -0.2) is 13.1 Å². The minimum atomic E-state index is -0.236. The fraction of sp³-hybridized carbons (Fsp3) is 0.273. The SMILES string of the molecule is Nc1ccc(N2CC=CCC2)c(F)c1. The van der Waals surface area contributed by atoms with E-state index in [2.05, 4.69) is 12.2 Å². The van der Waals surface area contributed by atoms with Crippen molar-refractivity contribution >= 4 is 11.4 Å². The predicted octanol–water partition coefficient (Wildman–Crippen LogP) is 2.17. The molecule has 2 rings (SSSR count). The van der Waals surface area contributed by atoms with Crippen LogP contribution in [0.2, 0.25) is 0 Å². The molecule has 74 valence electrons. The first-order valence-electron chi connectivity index (χ1n) is 4.72. The van der Waals surface area contributed by atoms with Gasteiger partial charge in [0.25, 0.3) is 0 Å². The summed E-state index contributed by atoms with van der Waals surface area (Å²) in [6.07, 6.45) is 5.15. The van der Waals surface area contributed by atoms with E-state index in [1.165, 1.54) is 6.07 Å². The number of anilines is 2. The van der Waals surface area contributed by atoms with E-state index in [0.717, 1.165) is 19.5 Å². The molecule has 0 saturated carbocycles. The lowest BCUT2D eigenvalue weighted by atomic mass is 10.2. The summed E-state index contributed by atoms with van der Waals surface area (Å²) < 4.78 is 13.5. The molecule has 0 saturated heterocycles. The third-order valence-corrected chi connectivity index (χ3v) is 2.37. The van der Waals surface area contributed by atoms with E-state index in [4.69, 9.17) is 5.73 Å². The average molecular weight is 192 g/mol. The summed E-state index contributed by atoms with van der Waals surface area (Å²) in [6, 6.07) is 4.84. The molecule has 1 aliphatic heterocycles. The molecule has 1 aromatic carbocycles. The monoisotopic (exact) mass is 192 g/mol. The second-order valence-electron chi connectivity index (χ2n) is 3.42. The zero-order valence-corrected chi connectivity index (χ0v) is 7.91. The van der Waals surface area contributed by atoms with E-state index in [1.807, 2.05) is 4.90 Å². The number of nitrogens with two attached hydrogens (primary N) is 1. The molecule has 0 aromatic heterocycles. The molecule has 0 amide bonds. The summed E-state index contributed by atoms with van der Waals surface area (Å²) in [6.45, 7) is 1.65. The van der Waals surface area contributed by atoms with Crippen LogP contribution >= 0.6 is 0 Å². The lowest BCUT2D eigenvalue weighted by Crippen LogP contribution is -2.27. The highest BCUT2D eigenvalue weighted by molar-refractivity contribution is 5.55. The molecule has 2 N–H and O–H groups in total. The van der Waals surface area contributed by atoms with Crippen LogP contribution in [0, 0.1) is 5.82 Å². The molecule has 1 aromatic rings. The minimum absolute atomic E-state index is 0.236. The zero-order chi connectivity index (χ0) is 9.97. The standard InChI is InChI=1S/C11H13FN2/c12-10-8-9(13)4-5-11(10)14-6-2-1-3-7-14/h1-2,4-5,8H,3,6-7,13H2. The molecule has 0 fully saturated rings. The summed E-state index contributed by atoms with van der Waals surface area (Å²) in [5.41, 5.74) is 6.60. The summed E-state index contributed by atoms with van der Waals surface area (Å²) in [5.74, 6) is -0.236. The first-order chi connectivity index (χ1) is 6.77. The Morgan fingerprint density at radius 2 is 2.14 bits per heavy atom. The van der Waals surface area contributed by atoms with E-state index >= 15 is 0 Å². The van der Waals surface area contributed by atoms with Crippen molar-refractivity contribution in [2.75, 3.05) is 23.7 Å². The van der Waals surface area contributed by atoms with Crippen LogP contribution in [-0.2, 0) is 0 Å². The third kappa shape index (κ3) is 1.71. The number of halogens is 1. The highest BCUT2D eigenvalue weighted by Crippen LogP contribution is 2.22. The smallest absolute Gasteiger partial charge is 0.148 e. The molecule has 2 nitrogen and oxygen atoms in total. The Balaban J connectivity index is 2.27. The molecule has 0 unspecified atom stereocenters. The van der Waals surface area contributed by atoms with Crippen molar-refractivity contribution in [2.24, 2.45) is 0 Å². The van der Waals surface area contributed by atoms with Crippen LogP contribution in [0.15, 0.2) is 30.4 Å². The molecule has 0 radical (unpaired) electrons. The van der Waals surface area contributed by atoms with Crippen molar-refractivity contribution in [2.45, 2.75) is 6.42 Å². The van der Waals surface area contributed by atoms with E-state index < -0.39 is 0 Å². The molecular formula is C11H13FN2. The maximum absolute atomic E-state index is 13.5. The van der Waals surface area contributed by atoms with Gasteiger partial charge in [-0.3, -0.25) is 0 Å². The first-order valence-corrected chi connectivity index (χ1v) is 4.72. The van der Waals surface area contributed by atoms with Crippen molar-refractivity contribution in [3.05, 3.63) is 36.2 Å². The van der Waals surface area contributed by atoms with Gasteiger partial charge < -0.3 is 10.6 Å². The Morgan fingerprint density at radius 3 is 2.79 bits per heavy atom. The van der Waals surface area contributed by atoms with E-state index in [1.54, 1.807) is 12.1 Å². The first kappa shape index (κ1) is 9.06. The highest BCUT2D eigenvalue weighted by atomic mass is 19.1. The number of rotatable bonds is 1. The number of nitrogens with zero attached hydrogens (tertiary/aromatic N) is 1. The second-order valence-corrected chi connectivity index (χ2v) is 3.42. The van der Waals surface area contributed by atoms with Gasteiger partial charge in [0.2, 0.25) is 0 Å². The largest absolute Gasteiger partial charge is 0.399 e. The molecular weight excluding hydrogens is 179 g/mol. The third-order valence-electron chi connectivity index (χ3n) is 2.37. The molecule has 1 heterocycles. The second kappa shape index (κ2) is 3.70. The fourth-order valence-corrected chi connectivity index (χ4v) is 1.64. The van der Waals surface area contributed by atoms with Gasteiger partial charge in [-0.2, -0.15) is 0 Å². The van der Waals surface area contributed by atoms with E-state index in [0.29, 0.717) is 11.4 Å². The minimum Gasteiger partial charge on any atom is -0.399 e. The Morgan fingerprint density at radius 1 is 1.29 bits per heavy atom. The zero-order valence-electron chi connectivity index (χ0n) is 7.91. The summed E-state index contributed by atoms with van der Waals surface area (Å²) >= 11 is 0. The van der Waals surface area contributed by atoms with E-state index in [-0.39, 0.29) is 5.82 Å². The van der Waals surface area contributed by atoms with Crippen molar-refractivity contribution in [3.63, 3.8) is 0 Å². The maximum Gasteiger partial charge on any atom is 0.148 e. The average Bonchev–Trinajstić information content (AvgIpc) is 2.19. The predicted molar refractivity (Wildman–Crippen MR) is 56.8 cm³/mol. The summed E-state index contributed by atoms with van der Waals surface area (Å²) in [4.78, 5) is 2.01. The Labute approximate surface area is 82.8 Å². The van der Waals surface area contributed by atoms with Crippen LogP contribution in [0.5, 0.6) is 0 Å². The van der Waals surface area contributed by atoms with Crippen molar-refractivity contribution in [3.8, 4) is 0 Å². The molecule has 0 aliphatic carbocycles. The molecule has 0 atom stereocenters. The van der Waals surface area contributed by atoms with Gasteiger partial charge in [-0.05, 0) is 24.6 Å². The van der Waals surface area contributed by atoms with Gasteiger partial charge in [-0.25, -0.2) is 4.39 Å². The van der Waals surface area contributed by atoms with Gasteiger partial charge in [0, 0.05) is 18.8 Å². The molecule has 3 heteroatoms. The number of hydrogen-bond acceptors (Lipinski definition) is 2. The van der Waals surface area contributed by atoms with Gasteiger partial charge in [0.1, 0.15) is 5.82 Å². The van der Waals surface area contributed by atoms with Crippen molar-refractivity contribution in [1.29, 1.82) is 0 Å². The quantitative estimate of drug-likeness (QED) is 0.546. The summed E-state index contributed by atoms with van der Waals surface area (Å²) in [5, 5.41) is 0. The van der Waals surface area contributed by atoms with Crippen LogP contribution < -0.4 is 10.6 Å². The normalized spacial score (nSPS) is 15.9. The molecule has 0 spiro atoms. The number of hydrogen-bond donors (Lipinski definition) is 1. The highest BCUT2D eigenvalue weighted by Gasteiger charge is 2.11. The fourth-order valence-electron chi connectivity index (χ4n) is 1.64. The van der Waals surface area contributed by atoms with Gasteiger partial charge in [-0.15, -0.1) is 0 Å². The van der Waals surface area contributed by atoms with Crippen LogP contribution in [0.25, 0.3) is 0 Å². The summed E-state index contributed by atoms with van der Waals surface area (Å²) in [7, 11) is 0. The van der Waals surface area contributed by atoms with Crippen molar-refractivity contribution in [1.82, 2.24) is 0 Å². The molecule has 1 aliphatic rings. The van der Waals surface area contributed by atoms with Crippen LogP contribution in [0.4, 0.5) is 15.8 Å². The number of benzene rings is 1. The maximum atomic E-state index is 13.5. The van der Waals surface area contributed by atoms with Gasteiger partial charge in [-0.1, -0.05) is 12.2 Å². The molecule has 14 heavy (non-hydrogen) atoms. The number of nitrogen functional groups attached to an aromatic ring is 1. The van der Waals surface area contributed by atoms with E-state index in [9.17, 15) is 4.39 Å². The van der Waals surface area contributed by atoms with Crippen LogP contribution in [0.3, 0.4) is 0 Å². The van der Waals surface area contributed by atoms with Crippen LogP contribution in [0.1, 0.15) is 6.42 Å². The Kier molecular flexibility index (Phi) is 2.39. The lowest BCUT2D eigenvalue weighted by molar-refractivity contribution is 0.619. The van der Waals surface area contributed by atoms with Gasteiger partial charge in [0.15, 0.2) is 0 Å². The Bertz CT molecular complexity index is 360. The lowest BCUT2D eigenvalue weighted by Gasteiger charge is -2.25. The topological polar surface area (TPSA) is 29.3 Å². The molecule has 0 bridgehead atoms. The van der Waals surface area contributed by atoms with Crippen molar-refractivity contribution < 1.29 is 4.39 Å². The van der Waals surface area contributed by atoms with Gasteiger partial charge in [0.05, 0.1) is 5.69 Å². The van der Waals surface area contributed by atoms with Gasteiger partial charge >= 0.3 is 0 Å². The Hall–Kier alpha value is -1.51.